The largest absolute Gasteiger partial charge is 0.354 e. The molecule has 1 aromatic heterocycles. The molecule has 9 heteroatoms. The van der Waals surface area contributed by atoms with E-state index in [1.54, 1.807) is 0 Å². The molecule has 2 heterocycles. The lowest BCUT2D eigenvalue weighted by Gasteiger charge is -2.32. The number of aryl methyl sites for hydroxylation is 1. The fourth-order valence-electron chi connectivity index (χ4n) is 2.63. The summed E-state index contributed by atoms with van der Waals surface area (Å²) in [4.78, 5) is 21.5. The summed E-state index contributed by atoms with van der Waals surface area (Å²) in [6, 6.07) is 7.56. The number of nitrogens with one attached hydrogen (secondary N) is 2. The monoisotopic (exact) mass is 343 g/mol. The minimum absolute atomic E-state index is 0.162. The van der Waals surface area contributed by atoms with Crippen LogP contribution in [-0.2, 0) is 0 Å². The fraction of sp³-hybridized carbons (Fsp3) is 0.375. The van der Waals surface area contributed by atoms with Gasteiger partial charge in [-0.2, -0.15) is 0 Å². The number of hydrazine groups is 1. The molecule has 2 aromatic rings. The normalized spacial score (nSPS) is 15.8. The molecule has 0 unspecified atom stereocenters. The lowest BCUT2D eigenvalue weighted by atomic mass is 10.2. The van der Waals surface area contributed by atoms with Crippen LogP contribution in [-0.4, -0.2) is 58.0 Å². The van der Waals surface area contributed by atoms with Crippen LogP contribution in [0.25, 0.3) is 0 Å². The van der Waals surface area contributed by atoms with E-state index in [1.165, 1.54) is 6.33 Å². The van der Waals surface area contributed by atoms with Gasteiger partial charge in [-0.1, -0.05) is 18.2 Å². The van der Waals surface area contributed by atoms with Gasteiger partial charge in [0, 0.05) is 31.9 Å². The highest BCUT2D eigenvalue weighted by molar-refractivity contribution is 5.74. The molecule has 0 saturated carbocycles. The predicted molar refractivity (Wildman–Crippen MR) is 95.8 cm³/mol. The first-order valence-electron chi connectivity index (χ1n) is 8.07. The molecular formula is C16H21N7O2. The van der Waals surface area contributed by atoms with Crippen LogP contribution in [0.15, 0.2) is 30.6 Å². The van der Waals surface area contributed by atoms with Crippen molar-refractivity contribution in [3.05, 3.63) is 46.3 Å². The van der Waals surface area contributed by atoms with Crippen molar-refractivity contribution >= 4 is 23.0 Å². The molecule has 2 N–H and O–H groups in total. The van der Waals surface area contributed by atoms with Crippen molar-refractivity contribution < 1.29 is 4.92 Å². The number of aromatic nitrogens is 2. The molecule has 0 bridgehead atoms. The minimum atomic E-state index is -0.459. The predicted octanol–water partition coefficient (Wildman–Crippen LogP) is 2.01. The van der Waals surface area contributed by atoms with Gasteiger partial charge in [-0.25, -0.2) is 15.0 Å². The number of likely N-dealkylation sites (N-methyl/N-ethyl adjacent to an activating group) is 1. The van der Waals surface area contributed by atoms with E-state index in [2.05, 4.69) is 32.7 Å². The first-order chi connectivity index (χ1) is 12.0. The Morgan fingerprint density at radius 1 is 1.12 bits per heavy atom. The molecule has 1 saturated heterocycles. The number of hydrogen-bond acceptors (Lipinski definition) is 8. The van der Waals surface area contributed by atoms with E-state index in [4.69, 9.17) is 0 Å². The van der Waals surface area contributed by atoms with Gasteiger partial charge in [0.25, 0.3) is 0 Å². The smallest absolute Gasteiger partial charge is 0.334 e. The van der Waals surface area contributed by atoms with Crippen LogP contribution in [0.4, 0.5) is 23.0 Å². The van der Waals surface area contributed by atoms with E-state index in [9.17, 15) is 10.1 Å². The van der Waals surface area contributed by atoms with E-state index in [1.807, 2.05) is 36.2 Å². The average Bonchev–Trinajstić information content (AvgIpc) is 2.59. The zero-order valence-electron chi connectivity index (χ0n) is 14.3. The first kappa shape index (κ1) is 17.1. The number of anilines is 3. The maximum absolute atomic E-state index is 11.6. The van der Waals surface area contributed by atoms with Crippen molar-refractivity contribution in [3.8, 4) is 0 Å². The summed E-state index contributed by atoms with van der Waals surface area (Å²) in [5.74, 6) is 0.367. The summed E-state index contributed by atoms with van der Waals surface area (Å²) in [7, 11) is 2.05. The second kappa shape index (κ2) is 7.41. The van der Waals surface area contributed by atoms with Crippen molar-refractivity contribution in [2.75, 3.05) is 44.0 Å². The molecular weight excluding hydrogens is 322 g/mol. The highest BCUT2D eigenvalue weighted by Gasteiger charge is 2.25. The topological polar surface area (TPSA) is 99.5 Å². The van der Waals surface area contributed by atoms with E-state index >= 15 is 0 Å². The molecule has 0 atom stereocenters. The summed E-state index contributed by atoms with van der Waals surface area (Å²) in [5.41, 5.74) is 4.65. The molecule has 0 aliphatic carbocycles. The number of benzene rings is 1. The SMILES string of the molecule is Cc1ccccc1Nc1ncnc(NN2CCN(C)CC2)c1[N+](=O)[O-]. The summed E-state index contributed by atoms with van der Waals surface area (Å²) in [5, 5.41) is 16.6. The third-order valence-corrected chi connectivity index (χ3v) is 4.17. The molecule has 132 valence electrons. The quantitative estimate of drug-likeness (QED) is 0.628. The molecule has 3 rings (SSSR count). The van der Waals surface area contributed by atoms with Gasteiger partial charge in [-0.15, -0.1) is 0 Å². The van der Waals surface area contributed by atoms with Gasteiger partial charge in [0.05, 0.1) is 4.92 Å². The van der Waals surface area contributed by atoms with Crippen molar-refractivity contribution in [2.45, 2.75) is 6.92 Å². The summed E-state index contributed by atoms with van der Waals surface area (Å²) in [6.45, 7) is 5.23. The maximum Gasteiger partial charge on any atom is 0.354 e. The van der Waals surface area contributed by atoms with Gasteiger partial charge in [-0.3, -0.25) is 15.5 Å². The van der Waals surface area contributed by atoms with Crippen molar-refractivity contribution in [1.29, 1.82) is 0 Å². The molecule has 25 heavy (non-hydrogen) atoms. The van der Waals surface area contributed by atoms with Crippen LogP contribution in [0.3, 0.4) is 0 Å². The Hall–Kier alpha value is -2.78. The molecule has 0 amide bonds. The zero-order valence-corrected chi connectivity index (χ0v) is 14.3. The summed E-state index contributed by atoms with van der Waals surface area (Å²) in [6.07, 6.45) is 1.33. The third kappa shape index (κ3) is 4.01. The standard InChI is InChI=1S/C16H21N7O2/c1-12-5-3-4-6-13(12)19-15-14(23(24)25)16(18-11-17-15)20-22-9-7-21(2)8-10-22/h3-6,11H,7-10H2,1-2H3,(H2,17,18,19,20). The Morgan fingerprint density at radius 3 is 2.48 bits per heavy atom. The number of piperazine rings is 1. The molecule has 9 nitrogen and oxygen atoms in total. The lowest BCUT2D eigenvalue weighted by molar-refractivity contribution is -0.383. The Kier molecular flexibility index (Phi) is 5.05. The van der Waals surface area contributed by atoms with E-state index < -0.39 is 4.92 Å². The highest BCUT2D eigenvalue weighted by Crippen LogP contribution is 2.32. The zero-order chi connectivity index (χ0) is 17.8. The Balaban J connectivity index is 1.87. The van der Waals surface area contributed by atoms with Gasteiger partial charge in [0.15, 0.2) is 0 Å². The van der Waals surface area contributed by atoms with Crippen LogP contribution in [0, 0.1) is 17.0 Å². The lowest BCUT2D eigenvalue weighted by Crippen LogP contribution is -2.47. The van der Waals surface area contributed by atoms with Gasteiger partial charge in [-0.05, 0) is 25.6 Å². The summed E-state index contributed by atoms with van der Waals surface area (Å²) >= 11 is 0. The minimum Gasteiger partial charge on any atom is -0.334 e. The number of nitro groups is 1. The van der Waals surface area contributed by atoms with Gasteiger partial charge in [0.1, 0.15) is 6.33 Å². The fourth-order valence-corrected chi connectivity index (χ4v) is 2.63. The Bertz CT molecular complexity index is 760. The number of para-hydroxylation sites is 1. The van der Waals surface area contributed by atoms with Crippen LogP contribution in [0.1, 0.15) is 5.56 Å². The molecule has 1 aromatic carbocycles. The van der Waals surface area contributed by atoms with Gasteiger partial charge < -0.3 is 10.2 Å². The van der Waals surface area contributed by atoms with E-state index in [0.717, 1.165) is 37.4 Å². The highest BCUT2D eigenvalue weighted by atomic mass is 16.6. The first-order valence-corrected chi connectivity index (χ1v) is 8.07. The van der Waals surface area contributed by atoms with Crippen molar-refractivity contribution in [1.82, 2.24) is 19.9 Å². The average molecular weight is 343 g/mol. The number of nitrogens with zero attached hydrogens (tertiary/aromatic N) is 5. The van der Waals surface area contributed by atoms with E-state index in [0.29, 0.717) is 0 Å². The second-order valence-electron chi connectivity index (χ2n) is 6.02. The third-order valence-electron chi connectivity index (χ3n) is 4.17. The molecule has 1 aliphatic rings. The van der Waals surface area contributed by atoms with Crippen molar-refractivity contribution in [3.63, 3.8) is 0 Å². The van der Waals surface area contributed by atoms with Crippen LogP contribution in [0.5, 0.6) is 0 Å². The maximum atomic E-state index is 11.6. The van der Waals surface area contributed by atoms with Gasteiger partial charge >= 0.3 is 5.69 Å². The van der Waals surface area contributed by atoms with Gasteiger partial charge in [0.2, 0.25) is 11.6 Å². The molecule has 0 spiro atoms. The second-order valence-corrected chi connectivity index (χ2v) is 6.02. The molecule has 1 aliphatic heterocycles. The van der Waals surface area contributed by atoms with E-state index in [-0.39, 0.29) is 17.3 Å². The Labute approximate surface area is 145 Å². The summed E-state index contributed by atoms with van der Waals surface area (Å²) < 4.78 is 0. The van der Waals surface area contributed by atoms with Crippen LogP contribution >= 0.6 is 0 Å². The number of rotatable bonds is 5. The Morgan fingerprint density at radius 2 is 1.80 bits per heavy atom. The molecule has 1 fully saturated rings. The number of hydrogen-bond donors (Lipinski definition) is 2. The molecule has 0 radical (unpaired) electrons. The van der Waals surface area contributed by atoms with Crippen molar-refractivity contribution in [2.24, 2.45) is 0 Å². The van der Waals surface area contributed by atoms with Crippen LogP contribution < -0.4 is 10.7 Å². The van der Waals surface area contributed by atoms with Crippen LogP contribution in [0.2, 0.25) is 0 Å².